The van der Waals surface area contributed by atoms with Crippen molar-refractivity contribution in [1.29, 1.82) is 0 Å². The van der Waals surface area contributed by atoms with E-state index in [-0.39, 0.29) is 12.7 Å². The fourth-order valence-electron chi connectivity index (χ4n) is 4.16. The maximum Gasteiger partial charge on any atom is 0.257 e. The van der Waals surface area contributed by atoms with Gasteiger partial charge in [-0.2, -0.15) is 0 Å². The first kappa shape index (κ1) is 21.1. The van der Waals surface area contributed by atoms with E-state index in [4.69, 9.17) is 25.2 Å². The second-order valence-corrected chi connectivity index (χ2v) is 8.24. The molecule has 33 heavy (non-hydrogen) atoms. The van der Waals surface area contributed by atoms with Crippen LogP contribution in [0.1, 0.15) is 48.5 Å². The smallest absolute Gasteiger partial charge is 0.257 e. The summed E-state index contributed by atoms with van der Waals surface area (Å²) in [4.78, 5) is 22.7. The predicted molar refractivity (Wildman–Crippen MR) is 128 cm³/mol. The third-order valence-corrected chi connectivity index (χ3v) is 5.91. The fourth-order valence-corrected chi connectivity index (χ4v) is 4.16. The number of unbranched alkanes of at least 4 members (excludes halogenated alkanes) is 3. The summed E-state index contributed by atoms with van der Waals surface area (Å²) in [5.41, 5.74) is 10.5. The fraction of sp³-hybridized carbons (Fsp3) is 0.320. The number of carbonyl (C=O) groups excluding carboxylic acids is 1. The number of nitrogen functional groups attached to an aromatic ring is 1. The number of fused-ring (bicyclic) bond motifs is 3. The van der Waals surface area contributed by atoms with Crippen molar-refractivity contribution >= 4 is 33.9 Å². The summed E-state index contributed by atoms with van der Waals surface area (Å²) >= 11 is 0. The average Bonchev–Trinajstić information content (AvgIpc) is 3.39. The van der Waals surface area contributed by atoms with Crippen molar-refractivity contribution < 1.29 is 14.3 Å². The van der Waals surface area contributed by atoms with Gasteiger partial charge < -0.3 is 25.1 Å². The molecule has 1 amide bonds. The molecule has 0 spiro atoms. The summed E-state index contributed by atoms with van der Waals surface area (Å²) in [5, 5.41) is 3.01. The summed E-state index contributed by atoms with van der Waals surface area (Å²) in [6, 6.07) is 13.4. The van der Waals surface area contributed by atoms with E-state index in [2.05, 4.69) is 12.2 Å². The molecule has 3 N–H and O–H groups in total. The van der Waals surface area contributed by atoms with Gasteiger partial charge in [0.1, 0.15) is 16.9 Å². The number of carbonyl (C=O) groups is 1. The standard InChI is InChI=1S/C25H27N5O3/c1-2-3-4-7-12-27-25(31)21-22-24(29-18-9-6-5-8-17(18)28-22)30(23(21)26)14-16-10-11-19-20(13-16)33-15-32-19/h5-6,8-11,13H,2-4,7,12,14-15,26H2,1H3,(H,27,31). The molecular weight excluding hydrogens is 418 g/mol. The van der Waals surface area contributed by atoms with Gasteiger partial charge in [0.2, 0.25) is 6.79 Å². The highest BCUT2D eigenvalue weighted by Gasteiger charge is 2.24. The molecular formula is C25H27N5O3. The van der Waals surface area contributed by atoms with Crippen molar-refractivity contribution in [2.75, 3.05) is 19.1 Å². The Morgan fingerprint density at radius 1 is 1.06 bits per heavy atom. The van der Waals surface area contributed by atoms with E-state index in [1.807, 2.05) is 47.0 Å². The van der Waals surface area contributed by atoms with E-state index in [0.29, 0.717) is 41.4 Å². The van der Waals surface area contributed by atoms with E-state index in [1.165, 1.54) is 0 Å². The van der Waals surface area contributed by atoms with E-state index in [9.17, 15) is 4.79 Å². The van der Waals surface area contributed by atoms with Crippen LogP contribution in [0.15, 0.2) is 42.5 Å². The molecule has 0 unspecified atom stereocenters. The van der Waals surface area contributed by atoms with Crippen LogP contribution in [0, 0.1) is 0 Å². The van der Waals surface area contributed by atoms with E-state index in [0.717, 1.165) is 48.0 Å². The number of nitrogens with two attached hydrogens (primary N) is 1. The molecule has 0 aliphatic carbocycles. The number of anilines is 1. The third kappa shape index (κ3) is 4.04. The maximum atomic E-state index is 13.2. The summed E-state index contributed by atoms with van der Waals surface area (Å²) in [6.45, 7) is 3.41. The van der Waals surface area contributed by atoms with Gasteiger partial charge in [0.25, 0.3) is 5.91 Å². The summed E-state index contributed by atoms with van der Waals surface area (Å²) < 4.78 is 12.8. The lowest BCUT2D eigenvalue weighted by Crippen LogP contribution is -2.25. The minimum absolute atomic E-state index is 0.216. The molecule has 8 nitrogen and oxygen atoms in total. The van der Waals surface area contributed by atoms with Gasteiger partial charge in [-0.15, -0.1) is 0 Å². The molecule has 8 heteroatoms. The van der Waals surface area contributed by atoms with Crippen LogP contribution in [0.5, 0.6) is 11.5 Å². The molecule has 0 saturated heterocycles. The minimum Gasteiger partial charge on any atom is -0.454 e. The number of ether oxygens (including phenoxy) is 2. The van der Waals surface area contributed by atoms with Crippen LogP contribution < -0.4 is 20.5 Å². The largest absolute Gasteiger partial charge is 0.454 e. The zero-order valence-electron chi connectivity index (χ0n) is 18.6. The third-order valence-electron chi connectivity index (χ3n) is 5.91. The molecule has 4 aromatic rings. The van der Waals surface area contributed by atoms with Crippen molar-refractivity contribution in [2.45, 2.75) is 39.2 Å². The molecule has 3 heterocycles. The Morgan fingerprint density at radius 2 is 1.85 bits per heavy atom. The molecule has 0 atom stereocenters. The summed E-state index contributed by atoms with van der Waals surface area (Å²) in [5.74, 6) is 1.55. The van der Waals surface area contributed by atoms with Crippen molar-refractivity contribution in [3.8, 4) is 11.5 Å². The molecule has 0 saturated carbocycles. The molecule has 1 aliphatic rings. The van der Waals surface area contributed by atoms with Gasteiger partial charge >= 0.3 is 0 Å². The van der Waals surface area contributed by atoms with E-state index < -0.39 is 0 Å². The lowest BCUT2D eigenvalue weighted by molar-refractivity contribution is 0.0955. The highest BCUT2D eigenvalue weighted by Crippen LogP contribution is 2.34. The van der Waals surface area contributed by atoms with Gasteiger partial charge in [-0.25, -0.2) is 9.97 Å². The van der Waals surface area contributed by atoms with Gasteiger partial charge in [-0.1, -0.05) is 44.4 Å². The second kappa shape index (κ2) is 8.97. The van der Waals surface area contributed by atoms with Crippen LogP contribution in [0.25, 0.3) is 22.2 Å². The van der Waals surface area contributed by atoms with Crippen LogP contribution in [-0.2, 0) is 6.54 Å². The van der Waals surface area contributed by atoms with Crippen LogP contribution in [0.4, 0.5) is 5.82 Å². The maximum absolute atomic E-state index is 13.2. The lowest BCUT2D eigenvalue weighted by Gasteiger charge is -2.09. The molecule has 0 radical (unpaired) electrons. The van der Waals surface area contributed by atoms with Crippen LogP contribution >= 0.6 is 0 Å². The summed E-state index contributed by atoms with van der Waals surface area (Å²) in [7, 11) is 0. The number of nitrogens with zero attached hydrogens (tertiary/aromatic N) is 3. The van der Waals surface area contributed by atoms with Crippen molar-refractivity contribution in [1.82, 2.24) is 19.9 Å². The Hall–Kier alpha value is -3.81. The number of nitrogens with one attached hydrogen (secondary N) is 1. The van der Waals surface area contributed by atoms with Gasteiger partial charge in [-0.05, 0) is 36.2 Å². The second-order valence-electron chi connectivity index (χ2n) is 8.24. The number of hydrogen-bond acceptors (Lipinski definition) is 6. The van der Waals surface area contributed by atoms with Gasteiger partial charge in [-0.3, -0.25) is 4.79 Å². The zero-order valence-corrected chi connectivity index (χ0v) is 18.6. The van der Waals surface area contributed by atoms with E-state index >= 15 is 0 Å². The van der Waals surface area contributed by atoms with Crippen molar-refractivity contribution in [3.63, 3.8) is 0 Å². The highest BCUT2D eigenvalue weighted by molar-refractivity contribution is 6.10. The first-order valence-electron chi connectivity index (χ1n) is 11.4. The molecule has 2 aromatic heterocycles. The normalized spacial score (nSPS) is 12.5. The quantitative estimate of drug-likeness (QED) is 0.393. The van der Waals surface area contributed by atoms with Crippen LogP contribution in [-0.4, -0.2) is 33.8 Å². The number of aromatic nitrogens is 3. The Labute approximate surface area is 191 Å². The minimum atomic E-state index is -0.219. The Kier molecular flexibility index (Phi) is 5.73. The zero-order chi connectivity index (χ0) is 22.8. The van der Waals surface area contributed by atoms with Crippen LogP contribution in [0.2, 0.25) is 0 Å². The Balaban J connectivity index is 1.54. The van der Waals surface area contributed by atoms with Gasteiger partial charge in [0.05, 0.1) is 17.6 Å². The van der Waals surface area contributed by atoms with Crippen molar-refractivity contribution in [3.05, 3.63) is 53.6 Å². The average molecular weight is 446 g/mol. The number of hydrogen-bond donors (Lipinski definition) is 2. The molecule has 2 aromatic carbocycles. The first-order chi connectivity index (χ1) is 16.2. The molecule has 5 rings (SSSR count). The number of benzene rings is 2. The SMILES string of the molecule is CCCCCCNC(=O)c1c(N)n(Cc2ccc3c(c2)OCO3)c2nc3ccccc3nc12. The Bertz CT molecular complexity index is 1330. The first-order valence-corrected chi connectivity index (χ1v) is 11.4. The summed E-state index contributed by atoms with van der Waals surface area (Å²) in [6.07, 6.45) is 4.33. The van der Waals surface area contributed by atoms with Gasteiger partial charge in [0.15, 0.2) is 17.1 Å². The molecule has 0 fully saturated rings. The lowest BCUT2D eigenvalue weighted by atomic mass is 10.2. The van der Waals surface area contributed by atoms with Gasteiger partial charge in [0, 0.05) is 6.54 Å². The monoisotopic (exact) mass is 445 g/mol. The number of para-hydroxylation sites is 2. The number of rotatable bonds is 8. The number of amides is 1. The predicted octanol–water partition coefficient (Wildman–Crippen LogP) is 4.25. The topological polar surface area (TPSA) is 104 Å². The highest BCUT2D eigenvalue weighted by atomic mass is 16.7. The molecule has 170 valence electrons. The van der Waals surface area contributed by atoms with E-state index in [1.54, 1.807) is 0 Å². The van der Waals surface area contributed by atoms with Crippen molar-refractivity contribution in [2.24, 2.45) is 0 Å². The molecule has 1 aliphatic heterocycles. The van der Waals surface area contributed by atoms with Crippen LogP contribution in [0.3, 0.4) is 0 Å². The Morgan fingerprint density at radius 3 is 2.67 bits per heavy atom. The molecule has 0 bridgehead atoms.